The molecule has 558 valence electrons. The molecule has 12 rings (SSSR count). The second-order valence-corrected chi connectivity index (χ2v) is 35.2. The number of nitrogens with zero attached hydrogens (tertiary/aromatic N) is 6. The van der Waals surface area contributed by atoms with Gasteiger partial charge in [-0.1, -0.05) is 81.1 Å². The molecule has 14 atom stereocenters. The number of carboxylic acid groups (broad SMARTS) is 1. The van der Waals surface area contributed by atoms with Crippen LogP contribution in [0, 0.1) is 57.7 Å². The zero-order chi connectivity index (χ0) is 74.0. The van der Waals surface area contributed by atoms with Crippen molar-refractivity contribution >= 4 is 73.5 Å². The Labute approximate surface area is 596 Å². The highest BCUT2D eigenvalue weighted by Gasteiger charge is 2.68. The van der Waals surface area contributed by atoms with E-state index in [1.165, 1.54) is 16.7 Å². The van der Waals surface area contributed by atoms with Gasteiger partial charge in [0.2, 0.25) is 45.9 Å². The monoisotopic (exact) mass is 1440 g/mol. The van der Waals surface area contributed by atoms with E-state index >= 15 is 4.79 Å². The molecule has 2 aromatic heterocycles. The van der Waals surface area contributed by atoms with Crippen molar-refractivity contribution in [3.63, 3.8) is 0 Å². The maximum atomic E-state index is 15.0. The number of alkyl halides is 2. The number of carbonyl (C=O) groups excluding carboxylic acids is 6. The van der Waals surface area contributed by atoms with Crippen LogP contribution in [0.4, 0.5) is 8.78 Å². The number of aliphatic carboxylic acids is 1. The largest absolute Gasteiger partial charge is 0.497 e. The molecule has 0 radical (unpaired) electrons. The number of aryl methyl sites for hydroxylation is 2. The Kier molecular flexibility index (Phi) is 21.5. The summed E-state index contributed by atoms with van der Waals surface area (Å²) >= 11 is 0. The predicted octanol–water partition coefficient (Wildman–Crippen LogP) is 11.5. The summed E-state index contributed by atoms with van der Waals surface area (Å²) in [5, 5.41) is 10.4. The van der Waals surface area contributed by atoms with Gasteiger partial charge in [0.1, 0.15) is 52.3 Å². The molecule has 4 bridgehead atoms. The van der Waals surface area contributed by atoms with Gasteiger partial charge >= 0.3 is 17.9 Å². The van der Waals surface area contributed by atoms with Crippen molar-refractivity contribution in [2.75, 3.05) is 27.3 Å². The molecular formula is C76H103F2N7O16S. The van der Waals surface area contributed by atoms with Crippen LogP contribution in [0.15, 0.2) is 36.4 Å². The summed E-state index contributed by atoms with van der Waals surface area (Å²) in [6, 6.07) is 8.56. The van der Waals surface area contributed by atoms with Gasteiger partial charge in [-0.15, -0.1) is 0 Å². The standard InChI is InChI=1S/C43H58F2N4O9S.C33H45N3O7/c1-8-26-33-23-49(35(26)32(50)22-43(21-28(43)36(44)45)39(53)48-59(54,55)41(5)16-17-41)38(52)27(40(2,3)4)19-34(51)58-42(6)20-24(42)12-10-9-11-13-30-37(57-33)47-31-18-25(56-7)14-15-29(31)46-30;1-7-21-26-18-36(28(21)31(39)40)30(38)22(32(2,3)4)16-27(37)43-33(5)17-19(33)11-9-8-10-12-24-29(42-26)35-25-15-20(41-6)13-14-23(25)34-24/h14-15,18,24,26-28,33,35-36H,8-13,16-17,19-23H2,1-7H3,(H,48,53);13-15,19,21-22,26,28H,7-12,16-18H2,1-6H3,(H,39,40)/t24-,26-,27-,28+,33+,35+,42-,43-;19-,21-,22-,26+,28+,33-/m11/s1. The van der Waals surface area contributed by atoms with E-state index in [4.69, 9.17) is 48.4 Å². The minimum atomic E-state index is -4.20. The average Bonchev–Trinajstić information content (AvgIpc) is 1.56. The lowest BCUT2D eigenvalue weighted by molar-refractivity contribution is -0.159. The summed E-state index contributed by atoms with van der Waals surface area (Å²) in [6.45, 7) is 20.3. The van der Waals surface area contributed by atoms with Crippen molar-refractivity contribution < 1.29 is 84.3 Å². The molecule has 3 amide bonds. The Balaban J connectivity index is 0.000000215. The molecule has 2 aromatic carbocycles. The number of carbonyl (C=O) groups is 7. The Bertz CT molecular complexity index is 4010. The van der Waals surface area contributed by atoms with Crippen molar-refractivity contribution in [2.45, 2.75) is 251 Å². The third kappa shape index (κ3) is 15.8. The van der Waals surface area contributed by atoms with E-state index in [1.54, 1.807) is 32.4 Å². The molecule has 2 N–H and O–H groups in total. The van der Waals surface area contributed by atoms with Crippen LogP contribution in [-0.2, 0) is 65.9 Å². The molecule has 6 heterocycles. The van der Waals surface area contributed by atoms with E-state index < -0.39 is 144 Å². The third-order valence-electron chi connectivity index (χ3n) is 23.6. The molecule has 26 heteroatoms. The first-order chi connectivity index (χ1) is 48.0. The Morgan fingerprint density at radius 2 is 1.09 bits per heavy atom. The minimum absolute atomic E-state index is 0.0764. The van der Waals surface area contributed by atoms with E-state index in [0.29, 0.717) is 84.1 Å². The number of carboxylic acids is 1. The summed E-state index contributed by atoms with van der Waals surface area (Å²) < 4.78 is 92.1. The molecule has 4 saturated carbocycles. The van der Waals surface area contributed by atoms with Crippen LogP contribution >= 0.6 is 0 Å². The second kappa shape index (κ2) is 28.9. The molecular weight excluding hydrogens is 1340 g/mol. The lowest BCUT2D eigenvalue weighted by atomic mass is 9.77. The van der Waals surface area contributed by atoms with Crippen molar-refractivity contribution in [3.8, 4) is 23.3 Å². The topological polar surface area (TPSA) is 299 Å². The zero-order valence-electron chi connectivity index (χ0n) is 61.4. The first kappa shape index (κ1) is 75.8. The second-order valence-electron chi connectivity index (χ2n) is 33.0. The maximum absolute atomic E-state index is 15.0. The number of halogens is 2. The zero-order valence-corrected chi connectivity index (χ0v) is 62.2. The van der Waals surface area contributed by atoms with Crippen LogP contribution in [0.3, 0.4) is 0 Å². The molecule has 6 fully saturated rings. The van der Waals surface area contributed by atoms with Crippen LogP contribution < -0.4 is 23.7 Å². The van der Waals surface area contributed by atoms with Gasteiger partial charge in [-0.25, -0.2) is 41.9 Å². The normalized spacial score (nSPS) is 31.4. The summed E-state index contributed by atoms with van der Waals surface area (Å²) in [7, 11) is -1.06. The summed E-state index contributed by atoms with van der Waals surface area (Å²) in [4.78, 5) is 120. The van der Waals surface area contributed by atoms with Gasteiger partial charge in [0.25, 0.3) is 0 Å². The predicted molar refractivity (Wildman–Crippen MR) is 373 cm³/mol. The van der Waals surface area contributed by atoms with Crippen LogP contribution in [0.1, 0.15) is 203 Å². The van der Waals surface area contributed by atoms with E-state index in [-0.39, 0.29) is 50.1 Å². The number of sulfonamides is 1. The van der Waals surface area contributed by atoms with E-state index in [9.17, 15) is 51.1 Å². The fraction of sp³-hybridized carbons (Fsp3) is 0.697. The molecule has 23 nitrogen and oxygen atoms in total. The molecule has 4 aliphatic heterocycles. The number of Topliss-reactive ketones (excluding diaryl/α,β-unsaturated/α-hetero) is 1. The van der Waals surface area contributed by atoms with Gasteiger partial charge in [-0.3, -0.25) is 33.5 Å². The number of ketones is 1. The molecule has 8 aliphatic rings. The molecule has 102 heavy (non-hydrogen) atoms. The van der Waals surface area contributed by atoms with Gasteiger partial charge in [-0.05, 0) is 139 Å². The number of nitrogens with one attached hydrogen (secondary N) is 1. The minimum Gasteiger partial charge on any atom is -0.497 e. The van der Waals surface area contributed by atoms with Gasteiger partial charge < -0.3 is 43.3 Å². The van der Waals surface area contributed by atoms with E-state index in [0.717, 1.165) is 75.4 Å². The SMILES string of the molecule is CC[C@@H]1[C@@H]2CN(C(=O)[C@H](C(C)(C)C)CC(=O)O[C@]3(C)C[C@H]3CCCCCc3nc4ccc(OC)cc4nc3O2)[C@@H]1C(=O)C[C@]1(C(=O)NS(=O)(=O)C2(C)CC2)C[C@H]1C(F)F.CC[C@@H]1[C@@H]2CN(C(=O)[C@H](C(C)(C)C)CC(=O)O[C@]3(C)C[C@H]3CCCCCc3nc4ccc(OC)cc4nc3O2)[C@@H]1C(=O)O. The lowest BCUT2D eigenvalue weighted by Crippen LogP contribution is -2.50. The summed E-state index contributed by atoms with van der Waals surface area (Å²) in [5.41, 5.74) is -0.650. The van der Waals surface area contributed by atoms with Crippen molar-refractivity contribution in [1.29, 1.82) is 0 Å². The number of amides is 3. The van der Waals surface area contributed by atoms with Crippen molar-refractivity contribution in [3.05, 3.63) is 47.8 Å². The molecule has 2 saturated heterocycles. The van der Waals surface area contributed by atoms with Crippen LogP contribution in [0.25, 0.3) is 22.1 Å². The number of hydrogen-bond donors (Lipinski definition) is 2. The number of esters is 2. The van der Waals surface area contributed by atoms with Crippen LogP contribution in [0.2, 0.25) is 0 Å². The quantitative estimate of drug-likeness (QED) is 0.125. The fourth-order valence-electron chi connectivity index (χ4n) is 16.2. The van der Waals surface area contributed by atoms with Crippen LogP contribution in [-0.4, -0.2) is 159 Å². The van der Waals surface area contributed by atoms with E-state index in [1.807, 2.05) is 92.2 Å². The van der Waals surface area contributed by atoms with Crippen LogP contribution in [0.5, 0.6) is 23.3 Å². The molecule has 4 aliphatic carbocycles. The molecule has 4 aromatic rings. The number of ether oxygens (including phenoxy) is 6. The van der Waals surface area contributed by atoms with Gasteiger partial charge in [-0.2, -0.15) is 0 Å². The number of methoxy groups -OCH3 is 2. The first-order valence-corrected chi connectivity index (χ1v) is 38.2. The molecule has 0 spiro atoms. The number of fused-ring (bicyclic) bond motifs is 10. The van der Waals surface area contributed by atoms with Crippen molar-refractivity contribution in [1.82, 2.24) is 34.5 Å². The average molecular weight is 1440 g/mol. The summed E-state index contributed by atoms with van der Waals surface area (Å²) in [5.74, 6) is -6.75. The highest BCUT2D eigenvalue weighted by molar-refractivity contribution is 7.91. The fourth-order valence-corrected chi connectivity index (χ4v) is 17.6. The number of aromatic nitrogens is 4. The smallest absolute Gasteiger partial charge is 0.326 e. The number of hydrogen-bond acceptors (Lipinski definition) is 19. The summed E-state index contributed by atoms with van der Waals surface area (Å²) in [6.07, 6.45) is 5.61. The highest BCUT2D eigenvalue weighted by atomic mass is 32.2. The highest BCUT2D eigenvalue weighted by Crippen LogP contribution is 2.60. The van der Waals surface area contributed by atoms with E-state index in [2.05, 4.69) is 0 Å². The lowest BCUT2D eigenvalue weighted by Gasteiger charge is -2.35. The number of rotatable bonds is 12. The Hall–Kier alpha value is -7.38. The van der Waals surface area contributed by atoms with Gasteiger partial charge in [0, 0.05) is 48.1 Å². The Morgan fingerprint density at radius 3 is 1.48 bits per heavy atom. The molecule has 0 unspecified atom stereocenters. The first-order valence-electron chi connectivity index (χ1n) is 36.7. The maximum Gasteiger partial charge on any atom is 0.326 e. The van der Waals surface area contributed by atoms with Gasteiger partial charge in [0.15, 0.2) is 5.78 Å². The number of benzene rings is 2. The van der Waals surface area contributed by atoms with Crippen molar-refractivity contribution in [2.24, 2.45) is 57.7 Å². The third-order valence-corrected chi connectivity index (χ3v) is 25.8. The Morgan fingerprint density at radius 1 is 0.647 bits per heavy atom. The van der Waals surface area contributed by atoms with Gasteiger partial charge in [0.05, 0.1) is 90.3 Å².